The highest BCUT2D eigenvalue weighted by molar-refractivity contribution is 7.05. The molecule has 1 unspecified atom stereocenters. The van der Waals surface area contributed by atoms with E-state index in [0.717, 1.165) is 21.7 Å². The minimum atomic E-state index is -0.277. The largest absolute Gasteiger partial charge is 0.271 e. The van der Waals surface area contributed by atoms with Gasteiger partial charge in [0.1, 0.15) is 5.82 Å². The second kappa shape index (κ2) is 4.87. The van der Waals surface area contributed by atoms with Crippen LogP contribution in [-0.2, 0) is 0 Å². The van der Waals surface area contributed by atoms with E-state index in [1.54, 1.807) is 6.07 Å². The molecule has 0 saturated heterocycles. The smallest absolute Gasteiger partial charge is 0.123 e. The van der Waals surface area contributed by atoms with Crippen LogP contribution >= 0.6 is 11.5 Å². The molecule has 0 fully saturated rings. The predicted molar refractivity (Wildman–Crippen MR) is 64.9 cm³/mol. The zero-order valence-corrected chi connectivity index (χ0v) is 10.4. The Balaban J connectivity index is 2.49. The quantitative estimate of drug-likeness (QED) is 0.646. The van der Waals surface area contributed by atoms with Crippen molar-refractivity contribution in [2.24, 2.45) is 5.84 Å². The molecule has 3 N–H and O–H groups in total. The van der Waals surface area contributed by atoms with Crippen molar-refractivity contribution < 1.29 is 4.39 Å². The van der Waals surface area contributed by atoms with E-state index >= 15 is 0 Å². The summed E-state index contributed by atoms with van der Waals surface area (Å²) in [5, 5.41) is 3.94. The number of nitrogens with one attached hydrogen (secondary N) is 1. The van der Waals surface area contributed by atoms with Crippen molar-refractivity contribution in [1.29, 1.82) is 0 Å². The van der Waals surface area contributed by atoms with Crippen molar-refractivity contribution in [2.75, 3.05) is 0 Å². The van der Waals surface area contributed by atoms with Crippen LogP contribution in [0.5, 0.6) is 0 Å². The summed E-state index contributed by atoms with van der Waals surface area (Å²) >= 11 is 1.27. The summed E-state index contributed by atoms with van der Waals surface area (Å²) in [5.41, 5.74) is 5.28. The van der Waals surface area contributed by atoms with Gasteiger partial charge in [0, 0.05) is 0 Å². The normalized spacial score (nSPS) is 12.7. The zero-order valence-electron chi connectivity index (χ0n) is 9.57. The Morgan fingerprint density at radius 1 is 1.41 bits per heavy atom. The Morgan fingerprint density at radius 2 is 2.18 bits per heavy atom. The van der Waals surface area contributed by atoms with Crippen LogP contribution in [0.25, 0.3) is 0 Å². The third-order valence-electron chi connectivity index (χ3n) is 2.67. The van der Waals surface area contributed by atoms with Gasteiger partial charge in [-0.25, -0.2) is 9.82 Å². The molecule has 6 heteroatoms. The van der Waals surface area contributed by atoms with Crippen molar-refractivity contribution in [3.63, 3.8) is 0 Å². The van der Waals surface area contributed by atoms with E-state index in [9.17, 15) is 4.39 Å². The molecular formula is C11H13FN4S. The van der Waals surface area contributed by atoms with Gasteiger partial charge < -0.3 is 0 Å². The summed E-state index contributed by atoms with van der Waals surface area (Å²) in [6.07, 6.45) is 0. The average molecular weight is 252 g/mol. The van der Waals surface area contributed by atoms with Crippen molar-refractivity contribution >= 4 is 11.5 Å². The van der Waals surface area contributed by atoms with Crippen molar-refractivity contribution in [3.8, 4) is 0 Å². The summed E-state index contributed by atoms with van der Waals surface area (Å²) < 4.78 is 17.2. The molecule has 0 spiro atoms. The molecule has 1 aromatic carbocycles. The average Bonchev–Trinajstić information content (AvgIpc) is 2.71. The SMILES string of the molecule is Cc1ccc(F)cc1C(NN)c1snnc1C. The van der Waals surface area contributed by atoms with E-state index in [1.165, 1.54) is 23.7 Å². The molecule has 2 aromatic rings. The fourth-order valence-electron chi connectivity index (χ4n) is 1.73. The number of halogens is 1. The number of hydrazine groups is 1. The topological polar surface area (TPSA) is 63.8 Å². The van der Waals surface area contributed by atoms with Crippen molar-refractivity contribution in [1.82, 2.24) is 15.0 Å². The van der Waals surface area contributed by atoms with Gasteiger partial charge in [-0.15, -0.1) is 5.10 Å². The van der Waals surface area contributed by atoms with Gasteiger partial charge in [0.05, 0.1) is 16.6 Å². The first-order valence-electron chi connectivity index (χ1n) is 5.14. The second-order valence-electron chi connectivity index (χ2n) is 3.82. The van der Waals surface area contributed by atoms with Crippen LogP contribution in [0.3, 0.4) is 0 Å². The number of nitrogens with zero attached hydrogens (tertiary/aromatic N) is 2. The highest BCUT2D eigenvalue weighted by atomic mass is 32.1. The molecule has 0 bridgehead atoms. The number of aryl methyl sites for hydroxylation is 2. The van der Waals surface area contributed by atoms with Gasteiger partial charge >= 0.3 is 0 Å². The molecule has 2 rings (SSSR count). The first-order chi connectivity index (χ1) is 8.13. The van der Waals surface area contributed by atoms with E-state index in [-0.39, 0.29) is 11.9 Å². The fraction of sp³-hybridized carbons (Fsp3) is 0.273. The van der Waals surface area contributed by atoms with Crippen molar-refractivity contribution in [2.45, 2.75) is 19.9 Å². The Labute approximate surface area is 103 Å². The van der Waals surface area contributed by atoms with Crippen LogP contribution in [0.15, 0.2) is 18.2 Å². The molecule has 1 aromatic heterocycles. The van der Waals surface area contributed by atoms with Crippen LogP contribution in [0, 0.1) is 19.7 Å². The zero-order chi connectivity index (χ0) is 12.4. The van der Waals surface area contributed by atoms with Crippen LogP contribution < -0.4 is 11.3 Å². The number of hydrogen-bond donors (Lipinski definition) is 2. The molecule has 0 aliphatic rings. The molecule has 0 radical (unpaired) electrons. The maximum absolute atomic E-state index is 13.3. The maximum atomic E-state index is 13.3. The predicted octanol–water partition coefficient (Wildman–Crippen LogP) is 1.85. The highest BCUT2D eigenvalue weighted by Crippen LogP contribution is 2.28. The standard InChI is InChI=1S/C11H13FN4S/c1-6-3-4-8(12)5-9(6)10(14-13)11-7(2)15-16-17-11/h3-5,10,14H,13H2,1-2H3. The third-order valence-corrected chi connectivity index (χ3v) is 3.56. The molecule has 1 atom stereocenters. The Hall–Kier alpha value is -1.37. The summed E-state index contributed by atoms with van der Waals surface area (Å²) in [6.45, 7) is 3.78. The lowest BCUT2D eigenvalue weighted by Gasteiger charge is -2.17. The minimum Gasteiger partial charge on any atom is -0.271 e. The van der Waals surface area contributed by atoms with Gasteiger partial charge in [-0.3, -0.25) is 5.84 Å². The van der Waals surface area contributed by atoms with E-state index in [1.807, 2.05) is 13.8 Å². The monoisotopic (exact) mass is 252 g/mol. The number of aromatic nitrogens is 2. The summed E-state index contributed by atoms with van der Waals surface area (Å²) in [7, 11) is 0. The van der Waals surface area contributed by atoms with Crippen LogP contribution in [0.2, 0.25) is 0 Å². The third kappa shape index (κ3) is 2.33. The van der Waals surface area contributed by atoms with Gasteiger partial charge in [-0.1, -0.05) is 10.6 Å². The molecule has 0 amide bonds. The Kier molecular flexibility index (Phi) is 3.46. The van der Waals surface area contributed by atoms with E-state index in [4.69, 9.17) is 5.84 Å². The highest BCUT2D eigenvalue weighted by Gasteiger charge is 2.20. The van der Waals surface area contributed by atoms with Gasteiger partial charge in [0.25, 0.3) is 0 Å². The van der Waals surface area contributed by atoms with Gasteiger partial charge in [0.15, 0.2) is 0 Å². The van der Waals surface area contributed by atoms with E-state index in [2.05, 4.69) is 15.0 Å². The first kappa shape index (κ1) is 12.1. The van der Waals surface area contributed by atoms with Gasteiger partial charge in [0.2, 0.25) is 0 Å². The summed E-state index contributed by atoms with van der Waals surface area (Å²) in [6, 6.07) is 4.38. The lowest BCUT2D eigenvalue weighted by atomic mass is 9.99. The minimum absolute atomic E-state index is 0.273. The maximum Gasteiger partial charge on any atom is 0.123 e. The summed E-state index contributed by atoms with van der Waals surface area (Å²) in [4.78, 5) is 0.904. The molecule has 0 saturated carbocycles. The molecule has 0 aliphatic carbocycles. The van der Waals surface area contributed by atoms with E-state index < -0.39 is 0 Å². The van der Waals surface area contributed by atoms with E-state index in [0.29, 0.717) is 0 Å². The van der Waals surface area contributed by atoms with Crippen LogP contribution in [0.1, 0.15) is 27.7 Å². The Bertz CT molecular complexity index is 526. The van der Waals surface area contributed by atoms with Gasteiger partial charge in [-0.2, -0.15) is 0 Å². The lowest BCUT2D eigenvalue weighted by Crippen LogP contribution is -2.29. The number of rotatable bonds is 3. The molecular weight excluding hydrogens is 239 g/mol. The first-order valence-corrected chi connectivity index (χ1v) is 5.92. The number of nitrogens with two attached hydrogens (primary N) is 1. The fourth-order valence-corrected chi connectivity index (χ4v) is 2.46. The van der Waals surface area contributed by atoms with Gasteiger partial charge in [-0.05, 0) is 48.6 Å². The van der Waals surface area contributed by atoms with Crippen molar-refractivity contribution in [3.05, 3.63) is 45.7 Å². The molecule has 90 valence electrons. The summed E-state index contributed by atoms with van der Waals surface area (Å²) in [5.74, 6) is 5.29. The van der Waals surface area contributed by atoms with Crippen LogP contribution in [-0.4, -0.2) is 9.59 Å². The van der Waals surface area contributed by atoms with Crippen LogP contribution in [0.4, 0.5) is 4.39 Å². The lowest BCUT2D eigenvalue weighted by molar-refractivity contribution is 0.605. The second-order valence-corrected chi connectivity index (χ2v) is 4.61. The number of benzene rings is 1. The molecule has 1 heterocycles. The molecule has 0 aliphatic heterocycles. The number of hydrogen-bond acceptors (Lipinski definition) is 5. The molecule has 17 heavy (non-hydrogen) atoms. The Morgan fingerprint density at radius 3 is 2.76 bits per heavy atom. The molecule has 4 nitrogen and oxygen atoms in total.